The first-order chi connectivity index (χ1) is 7.79. The Bertz CT molecular complexity index is 471. The predicted octanol–water partition coefficient (Wildman–Crippen LogP) is 3.02. The maximum absolute atomic E-state index is 9.11. The second-order valence-corrected chi connectivity index (χ2v) is 3.63. The molecule has 0 amide bonds. The molecular weight excluding hydrogens is 226 g/mol. The molecule has 0 unspecified atom stereocenters. The molecule has 0 radical (unpaired) electrons. The number of aliphatic hydroxyl groups excluding tert-OH is 1. The summed E-state index contributed by atoms with van der Waals surface area (Å²) in [7, 11) is 0. The van der Waals surface area contributed by atoms with Crippen molar-refractivity contribution >= 4 is 11.6 Å². The summed E-state index contributed by atoms with van der Waals surface area (Å²) in [5, 5.41) is 9.77. The highest BCUT2D eigenvalue weighted by molar-refractivity contribution is 6.30. The molecule has 0 fully saturated rings. The molecule has 0 bridgehead atoms. The number of benzene rings is 1. The van der Waals surface area contributed by atoms with Crippen molar-refractivity contribution in [3.63, 3.8) is 0 Å². The molecule has 1 heterocycles. The third kappa shape index (κ3) is 2.51. The Morgan fingerprint density at radius 1 is 1.19 bits per heavy atom. The number of rotatable bonds is 3. The second-order valence-electron chi connectivity index (χ2n) is 3.20. The quantitative estimate of drug-likeness (QED) is 0.889. The Balaban J connectivity index is 2.23. The first kappa shape index (κ1) is 10.9. The van der Waals surface area contributed by atoms with Gasteiger partial charge in [-0.3, -0.25) is 4.98 Å². The van der Waals surface area contributed by atoms with Gasteiger partial charge in [0.2, 0.25) is 0 Å². The highest BCUT2D eigenvalue weighted by Crippen LogP contribution is 2.25. The molecular formula is C12H10ClNO2. The standard InChI is InChI=1S/C12H10ClNO2/c13-10-1-3-11(4-2-10)16-12-7-14-6-5-9(12)8-15/h1-7,15H,8H2. The van der Waals surface area contributed by atoms with Crippen molar-refractivity contribution in [2.24, 2.45) is 0 Å². The third-order valence-corrected chi connectivity index (χ3v) is 2.33. The van der Waals surface area contributed by atoms with Crippen molar-refractivity contribution in [1.82, 2.24) is 4.98 Å². The fourth-order valence-corrected chi connectivity index (χ4v) is 1.39. The van der Waals surface area contributed by atoms with E-state index in [1.807, 2.05) is 0 Å². The summed E-state index contributed by atoms with van der Waals surface area (Å²) in [6, 6.07) is 8.72. The lowest BCUT2D eigenvalue weighted by Gasteiger charge is -2.08. The van der Waals surface area contributed by atoms with Gasteiger partial charge in [-0.25, -0.2) is 0 Å². The SMILES string of the molecule is OCc1ccncc1Oc1ccc(Cl)cc1. The highest BCUT2D eigenvalue weighted by atomic mass is 35.5. The van der Waals surface area contributed by atoms with Gasteiger partial charge in [-0.15, -0.1) is 0 Å². The lowest BCUT2D eigenvalue weighted by molar-refractivity contribution is 0.276. The number of nitrogens with zero attached hydrogens (tertiary/aromatic N) is 1. The van der Waals surface area contributed by atoms with E-state index in [0.29, 0.717) is 22.1 Å². The topological polar surface area (TPSA) is 42.4 Å². The van der Waals surface area contributed by atoms with E-state index >= 15 is 0 Å². The summed E-state index contributed by atoms with van der Waals surface area (Å²) in [5.41, 5.74) is 0.699. The van der Waals surface area contributed by atoms with Gasteiger partial charge in [0.1, 0.15) is 5.75 Å². The van der Waals surface area contributed by atoms with Gasteiger partial charge in [-0.05, 0) is 30.3 Å². The number of aliphatic hydroxyl groups is 1. The Labute approximate surface area is 98.3 Å². The summed E-state index contributed by atoms with van der Waals surface area (Å²) in [6.45, 7) is -0.0779. The van der Waals surface area contributed by atoms with E-state index in [4.69, 9.17) is 21.4 Å². The van der Waals surface area contributed by atoms with E-state index in [9.17, 15) is 0 Å². The van der Waals surface area contributed by atoms with Crippen molar-refractivity contribution in [1.29, 1.82) is 0 Å². The summed E-state index contributed by atoms with van der Waals surface area (Å²) < 4.78 is 5.57. The Morgan fingerprint density at radius 3 is 2.62 bits per heavy atom. The molecule has 1 aromatic carbocycles. The molecule has 0 saturated heterocycles. The largest absolute Gasteiger partial charge is 0.455 e. The van der Waals surface area contributed by atoms with Crippen LogP contribution in [0.2, 0.25) is 5.02 Å². The maximum atomic E-state index is 9.11. The second kappa shape index (κ2) is 4.96. The van der Waals surface area contributed by atoms with Crippen LogP contribution in [-0.4, -0.2) is 10.1 Å². The molecule has 3 nitrogen and oxygen atoms in total. The fraction of sp³-hybridized carbons (Fsp3) is 0.0833. The highest BCUT2D eigenvalue weighted by Gasteiger charge is 2.03. The van der Waals surface area contributed by atoms with Crippen LogP contribution in [0.5, 0.6) is 11.5 Å². The van der Waals surface area contributed by atoms with Gasteiger partial charge in [0.15, 0.2) is 5.75 Å². The zero-order valence-corrected chi connectivity index (χ0v) is 9.19. The van der Waals surface area contributed by atoms with Crippen LogP contribution in [0, 0.1) is 0 Å². The van der Waals surface area contributed by atoms with E-state index < -0.39 is 0 Å². The van der Waals surface area contributed by atoms with Crippen LogP contribution >= 0.6 is 11.6 Å². The Morgan fingerprint density at radius 2 is 1.94 bits per heavy atom. The van der Waals surface area contributed by atoms with Gasteiger partial charge < -0.3 is 9.84 Å². The van der Waals surface area contributed by atoms with Crippen molar-refractivity contribution in [3.8, 4) is 11.5 Å². The molecule has 0 saturated carbocycles. The van der Waals surface area contributed by atoms with Gasteiger partial charge in [-0.1, -0.05) is 11.6 Å². The maximum Gasteiger partial charge on any atom is 0.151 e. The van der Waals surface area contributed by atoms with E-state index in [-0.39, 0.29) is 6.61 Å². The van der Waals surface area contributed by atoms with Crippen molar-refractivity contribution in [3.05, 3.63) is 53.3 Å². The number of hydrogen-bond donors (Lipinski definition) is 1. The zero-order valence-electron chi connectivity index (χ0n) is 8.43. The van der Waals surface area contributed by atoms with Crippen LogP contribution in [0.3, 0.4) is 0 Å². The summed E-state index contributed by atoms with van der Waals surface area (Å²) in [5.74, 6) is 1.21. The molecule has 1 N–H and O–H groups in total. The number of hydrogen-bond acceptors (Lipinski definition) is 3. The van der Waals surface area contributed by atoms with E-state index in [2.05, 4.69) is 4.98 Å². The number of pyridine rings is 1. The van der Waals surface area contributed by atoms with Crippen LogP contribution in [0.15, 0.2) is 42.7 Å². The van der Waals surface area contributed by atoms with Gasteiger partial charge >= 0.3 is 0 Å². The summed E-state index contributed by atoms with van der Waals surface area (Å²) in [6.07, 6.45) is 3.18. The molecule has 4 heteroatoms. The van der Waals surface area contributed by atoms with E-state index in [0.717, 1.165) is 0 Å². The first-order valence-corrected chi connectivity index (χ1v) is 5.14. The average molecular weight is 236 g/mol. The van der Waals surface area contributed by atoms with Crippen LogP contribution in [-0.2, 0) is 6.61 Å². The van der Waals surface area contributed by atoms with Crippen molar-refractivity contribution in [2.75, 3.05) is 0 Å². The van der Waals surface area contributed by atoms with E-state index in [1.54, 1.807) is 42.7 Å². The van der Waals surface area contributed by atoms with Crippen molar-refractivity contribution in [2.45, 2.75) is 6.61 Å². The Hall–Kier alpha value is -1.58. The van der Waals surface area contributed by atoms with Crippen LogP contribution < -0.4 is 4.74 Å². The minimum absolute atomic E-state index is 0.0779. The first-order valence-electron chi connectivity index (χ1n) is 4.77. The molecule has 16 heavy (non-hydrogen) atoms. The normalized spacial score (nSPS) is 10.1. The number of halogens is 1. The molecule has 82 valence electrons. The molecule has 2 aromatic rings. The Kier molecular flexibility index (Phi) is 3.39. The lowest BCUT2D eigenvalue weighted by atomic mass is 10.2. The number of ether oxygens (including phenoxy) is 1. The van der Waals surface area contributed by atoms with Gasteiger partial charge in [-0.2, -0.15) is 0 Å². The summed E-state index contributed by atoms with van der Waals surface area (Å²) in [4.78, 5) is 3.94. The molecule has 0 spiro atoms. The van der Waals surface area contributed by atoms with Gasteiger partial charge in [0, 0.05) is 16.8 Å². The minimum Gasteiger partial charge on any atom is -0.455 e. The molecule has 0 aliphatic heterocycles. The molecule has 0 aliphatic carbocycles. The lowest BCUT2D eigenvalue weighted by Crippen LogP contribution is -1.92. The smallest absolute Gasteiger partial charge is 0.151 e. The monoisotopic (exact) mass is 235 g/mol. The zero-order chi connectivity index (χ0) is 11.4. The summed E-state index contributed by atoms with van der Waals surface area (Å²) >= 11 is 5.77. The molecule has 0 aliphatic rings. The van der Waals surface area contributed by atoms with Crippen LogP contribution in [0.4, 0.5) is 0 Å². The fourth-order valence-electron chi connectivity index (χ4n) is 1.26. The third-order valence-electron chi connectivity index (χ3n) is 2.08. The molecule has 0 atom stereocenters. The van der Waals surface area contributed by atoms with Crippen LogP contribution in [0.1, 0.15) is 5.56 Å². The predicted molar refractivity (Wildman–Crippen MR) is 61.7 cm³/mol. The van der Waals surface area contributed by atoms with Gasteiger partial charge in [0.05, 0.1) is 12.8 Å². The minimum atomic E-state index is -0.0779. The van der Waals surface area contributed by atoms with Crippen LogP contribution in [0.25, 0.3) is 0 Å². The van der Waals surface area contributed by atoms with Gasteiger partial charge in [0.25, 0.3) is 0 Å². The average Bonchev–Trinajstić information content (AvgIpc) is 2.33. The van der Waals surface area contributed by atoms with Crippen molar-refractivity contribution < 1.29 is 9.84 Å². The molecule has 2 rings (SSSR count). The molecule has 1 aromatic heterocycles. The van der Waals surface area contributed by atoms with E-state index in [1.165, 1.54) is 0 Å². The number of aromatic nitrogens is 1.